The average Bonchev–Trinajstić information content (AvgIpc) is 3.56. The van der Waals surface area contributed by atoms with Crippen molar-refractivity contribution in [1.29, 1.82) is 0 Å². The molecule has 4 N–H and O–H groups in total. The Hall–Kier alpha value is -4.96. The lowest BCUT2D eigenvalue weighted by Crippen LogP contribution is -2.28. The van der Waals surface area contributed by atoms with Crippen LogP contribution in [0.5, 0.6) is 5.75 Å². The molecule has 1 aliphatic heterocycles. The molecule has 1 aliphatic rings. The van der Waals surface area contributed by atoms with Gasteiger partial charge in [0.1, 0.15) is 18.2 Å². The molecular weight excluding hydrogens is 522 g/mol. The molecule has 41 heavy (non-hydrogen) atoms. The summed E-state index contributed by atoms with van der Waals surface area (Å²) in [5.41, 5.74) is 10.4. The molecule has 208 valence electrons. The van der Waals surface area contributed by atoms with Crippen molar-refractivity contribution in [2.75, 3.05) is 25.4 Å². The zero-order valence-electron chi connectivity index (χ0n) is 22.2. The van der Waals surface area contributed by atoms with Crippen LogP contribution in [0, 0.1) is 0 Å². The highest BCUT2D eigenvalue weighted by Gasteiger charge is 2.29. The Morgan fingerprint density at radius 1 is 0.976 bits per heavy atom. The van der Waals surface area contributed by atoms with E-state index in [-0.39, 0.29) is 25.6 Å². The molecule has 0 bridgehead atoms. The van der Waals surface area contributed by atoms with Crippen LogP contribution >= 0.6 is 0 Å². The number of hydrogen-bond acceptors (Lipinski definition) is 7. The van der Waals surface area contributed by atoms with Gasteiger partial charge in [-0.05, 0) is 47.2 Å². The zero-order valence-corrected chi connectivity index (χ0v) is 22.2. The van der Waals surface area contributed by atoms with E-state index in [4.69, 9.17) is 15.6 Å². The third kappa shape index (κ3) is 5.29. The topological polar surface area (TPSA) is 144 Å². The molecule has 1 fully saturated rings. The fourth-order valence-corrected chi connectivity index (χ4v) is 5.70. The number of pyridine rings is 1. The van der Waals surface area contributed by atoms with Crippen molar-refractivity contribution in [3.8, 4) is 16.9 Å². The first-order chi connectivity index (χ1) is 19.9. The van der Waals surface area contributed by atoms with Gasteiger partial charge < -0.3 is 20.7 Å². The number of nitrogens with two attached hydrogens (primary N) is 1. The van der Waals surface area contributed by atoms with Gasteiger partial charge in [-0.2, -0.15) is 5.10 Å². The maximum absolute atomic E-state index is 11.4. The summed E-state index contributed by atoms with van der Waals surface area (Å²) in [6.07, 6.45) is 2.31. The highest BCUT2D eigenvalue weighted by Crippen LogP contribution is 2.35. The number of aliphatic carboxylic acids is 2. The Balaban J connectivity index is 1.43. The van der Waals surface area contributed by atoms with Gasteiger partial charge in [-0.1, -0.05) is 42.5 Å². The van der Waals surface area contributed by atoms with Crippen LogP contribution in [0.2, 0.25) is 0 Å². The minimum atomic E-state index is -0.934. The van der Waals surface area contributed by atoms with Crippen molar-refractivity contribution in [3.05, 3.63) is 84.2 Å². The molecule has 3 aromatic carbocycles. The zero-order chi connectivity index (χ0) is 28.5. The van der Waals surface area contributed by atoms with Gasteiger partial charge in [0.05, 0.1) is 30.2 Å². The maximum atomic E-state index is 11.4. The number of benzene rings is 3. The third-order valence-corrected chi connectivity index (χ3v) is 7.58. The van der Waals surface area contributed by atoms with Crippen molar-refractivity contribution in [3.63, 3.8) is 0 Å². The van der Waals surface area contributed by atoms with Crippen molar-refractivity contribution in [1.82, 2.24) is 19.7 Å². The van der Waals surface area contributed by atoms with E-state index in [9.17, 15) is 19.8 Å². The molecule has 0 radical (unpaired) electrons. The van der Waals surface area contributed by atoms with E-state index < -0.39 is 11.9 Å². The fraction of sp³-hybridized carbons (Fsp3) is 0.226. The number of likely N-dealkylation sites (tertiary alicyclic amines) is 1. The number of fused-ring (bicyclic) bond motifs is 2. The normalized spacial score (nSPS) is 15.5. The lowest BCUT2D eigenvalue weighted by atomic mass is 9.97. The molecule has 5 aromatic rings. The fourth-order valence-electron chi connectivity index (χ4n) is 5.70. The third-order valence-electron chi connectivity index (χ3n) is 7.58. The highest BCUT2D eigenvalue weighted by molar-refractivity contribution is 6.02. The average molecular weight is 552 g/mol. The van der Waals surface area contributed by atoms with Crippen LogP contribution in [0.3, 0.4) is 0 Å². The summed E-state index contributed by atoms with van der Waals surface area (Å²) >= 11 is 0. The van der Waals surface area contributed by atoms with Crippen LogP contribution in [0.4, 0.5) is 5.82 Å². The maximum Gasteiger partial charge on any atom is 0.317 e. The van der Waals surface area contributed by atoms with Crippen molar-refractivity contribution >= 4 is 39.4 Å². The quantitative estimate of drug-likeness (QED) is 0.243. The van der Waals surface area contributed by atoms with Crippen molar-refractivity contribution < 1.29 is 24.5 Å². The van der Waals surface area contributed by atoms with Crippen LogP contribution in [0.1, 0.15) is 23.7 Å². The number of rotatable bonds is 9. The van der Waals surface area contributed by atoms with Gasteiger partial charge in [-0.3, -0.25) is 19.2 Å². The number of nitrogens with zero attached hydrogens (tertiary/aromatic N) is 4. The van der Waals surface area contributed by atoms with Gasteiger partial charge in [0.25, 0.3) is 0 Å². The monoisotopic (exact) mass is 551 g/mol. The van der Waals surface area contributed by atoms with Crippen molar-refractivity contribution in [2.24, 2.45) is 0 Å². The van der Waals surface area contributed by atoms with E-state index >= 15 is 0 Å². The summed E-state index contributed by atoms with van der Waals surface area (Å²) in [5, 5.41) is 26.4. The van der Waals surface area contributed by atoms with Crippen molar-refractivity contribution in [2.45, 2.75) is 25.5 Å². The van der Waals surface area contributed by atoms with Gasteiger partial charge in [0, 0.05) is 35.6 Å². The molecule has 1 atom stereocenters. The first-order valence-corrected chi connectivity index (χ1v) is 13.4. The molecule has 2 aromatic heterocycles. The summed E-state index contributed by atoms with van der Waals surface area (Å²) < 4.78 is 8.22. The molecule has 0 spiro atoms. The van der Waals surface area contributed by atoms with Gasteiger partial charge in [-0.25, -0.2) is 4.98 Å². The van der Waals surface area contributed by atoms with Gasteiger partial charge in [0.2, 0.25) is 0 Å². The summed E-state index contributed by atoms with van der Waals surface area (Å²) in [5.74, 6) is -0.815. The molecule has 10 nitrogen and oxygen atoms in total. The number of anilines is 1. The number of aromatic nitrogens is 3. The smallest absolute Gasteiger partial charge is 0.317 e. The van der Waals surface area contributed by atoms with Gasteiger partial charge in [0.15, 0.2) is 0 Å². The Morgan fingerprint density at radius 2 is 1.83 bits per heavy atom. The number of carboxylic acids is 2. The Bertz CT molecular complexity index is 1780. The lowest BCUT2D eigenvalue weighted by Gasteiger charge is -2.17. The van der Waals surface area contributed by atoms with E-state index in [1.807, 2.05) is 52.0 Å². The molecule has 0 amide bonds. The first kappa shape index (κ1) is 26.3. The van der Waals surface area contributed by atoms with Crippen LogP contribution in [0.25, 0.3) is 32.8 Å². The van der Waals surface area contributed by atoms with E-state index in [1.165, 1.54) is 0 Å². The minimum Gasteiger partial charge on any atom is -0.487 e. The number of para-hydroxylation sites is 1. The van der Waals surface area contributed by atoms with Crippen LogP contribution in [-0.2, 0) is 22.6 Å². The lowest BCUT2D eigenvalue weighted by molar-refractivity contribution is -0.138. The standard InChI is InChI=1S/C31H29N5O5/c32-31-24-6-3-5-22(23(24)10-12-33-31)19-8-9-26-25(14-19)27(18-41-28-7-2-1-4-20(28)15-29(37)38)36(34-26)21-11-13-35(16-21)17-30(39)40/h1-10,12,14,21H,11,13,15-18H2,(H2,32,33)(H,37,38)(H,39,40). The van der Waals surface area contributed by atoms with E-state index in [0.29, 0.717) is 30.2 Å². The summed E-state index contributed by atoms with van der Waals surface area (Å²) in [6.45, 7) is 1.37. The van der Waals surface area contributed by atoms with Crippen LogP contribution in [-0.4, -0.2) is 61.5 Å². The van der Waals surface area contributed by atoms with Gasteiger partial charge >= 0.3 is 11.9 Å². The SMILES string of the molecule is Nc1nccc2c(-c3ccc4nn(C5CCN(CC(=O)O)C5)c(COc5ccccc5CC(=O)O)c4c3)cccc12. The molecule has 10 heteroatoms. The molecular formula is C31H29N5O5. The predicted octanol–water partition coefficient (Wildman–Crippen LogP) is 4.37. The number of ether oxygens (including phenoxy) is 1. The van der Waals surface area contributed by atoms with E-state index in [1.54, 1.807) is 24.4 Å². The molecule has 6 rings (SSSR count). The second kappa shape index (κ2) is 10.9. The Kier molecular flexibility index (Phi) is 6.98. The minimum absolute atomic E-state index is 0.0189. The van der Waals surface area contributed by atoms with Gasteiger partial charge in [-0.15, -0.1) is 0 Å². The molecule has 3 heterocycles. The molecule has 1 saturated heterocycles. The molecule has 1 unspecified atom stereocenters. The van der Waals surface area contributed by atoms with Crippen LogP contribution in [0.15, 0.2) is 72.9 Å². The Labute approximate surface area is 235 Å². The highest BCUT2D eigenvalue weighted by atomic mass is 16.5. The Morgan fingerprint density at radius 3 is 2.66 bits per heavy atom. The number of carboxylic acid groups (broad SMARTS) is 2. The second-order valence-electron chi connectivity index (χ2n) is 10.3. The summed E-state index contributed by atoms with van der Waals surface area (Å²) in [7, 11) is 0. The summed E-state index contributed by atoms with van der Waals surface area (Å²) in [4.78, 5) is 28.9. The number of hydrogen-bond donors (Lipinski definition) is 3. The largest absolute Gasteiger partial charge is 0.487 e. The summed E-state index contributed by atoms with van der Waals surface area (Å²) in [6, 6.07) is 21.1. The molecule has 0 saturated carbocycles. The van der Waals surface area contributed by atoms with E-state index in [0.717, 1.165) is 44.9 Å². The first-order valence-electron chi connectivity index (χ1n) is 13.4. The van der Waals surface area contributed by atoms with Crippen LogP contribution < -0.4 is 10.5 Å². The predicted molar refractivity (Wildman–Crippen MR) is 155 cm³/mol. The van der Waals surface area contributed by atoms with E-state index in [2.05, 4.69) is 11.1 Å². The number of nitrogen functional groups attached to an aromatic ring is 1. The molecule has 0 aliphatic carbocycles. The number of carbonyl (C=O) groups is 2. The second-order valence-corrected chi connectivity index (χ2v) is 10.3.